The van der Waals surface area contributed by atoms with Gasteiger partial charge in [0.1, 0.15) is 0 Å². The van der Waals surface area contributed by atoms with Gasteiger partial charge in [-0.1, -0.05) is 72.6 Å². The van der Waals surface area contributed by atoms with Crippen LogP contribution in [0.1, 0.15) is 31.8 Å². The van der Waals surface area contributed by atoms with Crippen molar-refractivity contribution in [3.63, 3.8) is 0 Å². The molecule has 48 heavy (non-hydrogen) atoms. The van der Waals surface area contributed by atoms with E-state index in [4.69, 9.17) is 6.85 Å². The van der Waals surface area contributed by atoms with Crippen molar-refractivity contribution in [1.82, 2.24) is 9.97 Å². The molecule has 0 N–H and O–H groups in total. The molecule has 2 nitrogen and oxygen atoms in total. The van der Waals surface area contributed by atoms with E-state index in [0.717, 1.165) is 41.7 Å². The van der Waals surface area contributed by atoms with E-state index in [1.165, 1.54) is 26.1 Å². The van der Waals surface area contributed by atoms with Crippen molar-refractivity contribution >= 4 is 80.7 Å². The molecule has 0 spiro atoms. The Morgan fingerprint density at radius 1 is 0.812 bits per heavy atom. The zero-order chi connectivity index (χ0) is 37.0. The van der Waals surface area contributed by atoms with Gasteiger partial charge in [-0.2, -0.15) is 22.7 Å². The van der Waals surface area contributed by atoms with E-state index in [2.05, 4.69) is 81.8 Å². The van der Waals surface area contributed by atoms with Crippen LogP contribution >= 0.6 is 22.7 Å². The molecule has 0 unspecified atom stereocenters. The Balaban J connectivity index is 0.000000238. The Morgan fingerprint density at radius 3 is 2.15 bits per heavy atom. The van der Waals surface area contributed by atoms with Crippen molar-refractivity contribution in [2.45, 2.75) is 44.3 Å². The summed E-state index contributed by atoms with van der Waals surface area (Å²) < 4.78 is 47.3. The molecule has 0 aliphatic heterocycles. The summed E-state index contributed by atoms with van der Waals surface area (Å²) in [6.07, 6.45) is 1.54. The Labute approximate surface area is 315 Å². The standard InChI is InChI=1S/C28H22NS2.C14H16GeN.Ir/c1-16(2)12-18-13-22(29-15-17(18)3)21-14-25-26(19-8-4-6-10-23(19)30-25)27-20-9-5-7-11-24(20)31-28(21)27;1-15(2,3)13-9-10-14(16-11-13)12-7-5-4-6-8-12;/h4-11,13,15-16H,12H2,1-3H3;4-7,9-11H,1-3H3;/q2*-1;/i3D3,12D2;;. The second kappa shape index (κ2) is 14.3. The van der Waals surface area contributed by atoms with Gasteiger partial charge in [-0.05, 0) is 62.7 Å². The molecule has 6 heteroatoms. The molecule has 8 aromatic rings. The van der Waals surface area contributed by atoms with E-state index in [0.29, 0.717) is 5.69 Å². The summed E-state index contributed by atoms with van der Waals surface area (Å²) in [5, 5.41) is 4.67. The minimum absolute atomic E-state index is 0. The average Bonchev–Trinajstić information content (AvgIpc) is 3.69. The molecule has 1 radical (unpaired) electrons. The monoisotopic (exact) mass is 906 g/mol. The van der Waals surface area contributed by atoms with Crippen molar-refractivity contribution in [2.75, 3.05) is 0 Å². The SMILES string of the molecule is [2H]C([2H])([2H])c1cnc(-c2[c-]c3sc4ccccc4c3c3c2sc2ccccc23)cc1C([2H])([2H])C(C)C.[CH3][Ge]([CH3])([CH3])[c]1ccc(-c2[c-]cccc2)nc1.[Ir]. The minimum Gasteiger partial charge on any atom is 0 e. The van der Waals surface area contributed by atoms with Crippen LogP contribution in [0.5, 0.6) is 0 Å². The number of hydrogen-bond acceptors (Lipinski definition) is 4. The molecule has 0 saturated carbocycles. The first-order chi connectivity index (χ1) is 24.6. The zero-order valence-electron chi connectivity index (χ0n) is 32.4. The molecule has 243 valence electrons. The number of pyridine rings is 2. The normalized spacial score (nSPS) is 13.8. The number of fused-ring (bicyclic) bond motifs is 7. The van der Waals surface area contributed by atoms with Crippen LogP contribution in [0.25, 0.3) is 62.9 Å². The van der Waals surface area contributed by atoms with Crippen LogP contribution in [-0.2, 0) is 26.5 Å². The average molecular weight is 905 g/mol. The molecule has 4 aromatic carbocycles. The summed E-state index contributed by atoms with van der Waals surface area (Å²) in [5.74, 6) is 6.73. The van der Waals surface area contributed by atoms with Gasteiger partial charge in [0.25, 0.3) is 0 Å². The number of thiophene rings is 2. The molecule has 0 fully saturated rings. The Hall–Kier alpha value is -3.19. The first-order valence-electron chi connectivity index (χ1n) is 18.3. The van der Waals surface area contributed by atoms with Gasteiger partial charge in [0.2, 0.25) is 0 Å². The van der Waals surface area contributed by atoms with Crippen LogP contribution in [0.15, 0.2) is 103 Å². The largest absolute Gasteiger partial charge is 0 e. The number of hydrogen-bond donors (Lipinski definition) is 0. The van der Waals surface area contributed by atoms with E-state index in [1.807, 2.05) is 48.7 Å². The number of aromatic nitrogens is 2. The number of nitrogens with zero attached hydrogens (tertiary/aromatic N) is 2. The Morgan fingerprint density at radius 2 is 1.50 bits per heavy atom. The van der Waals surface area contributed by atoms with Crippen LogP contribution in [0.3, 0.4) is 0 Å². The molecule has 4 heterocycles. The third kappa shape index (κ3) is 6.95. The fourth-order valence-corrected chi connectivity index (χ4v) is 10.3. The van der Waals surface area contributed by atoms with Crippen molar-refractivity contribution in [2.24, 2.45) is 5.92 Å². The molecule has 8 rings (SSSR count). The second-order valence-electron chi connectivity index (χ2n) is 13.0. The van der Waals surface area contributed by atoms with Gasteiger partial charge in [0, 0.05) is 42.6 Å². The van der Waals surface area contributed by atoms with Crippen LogP contribution in [0.4, 0.5) is 0 Å². The molecule has 0 aliphatic carbocycles. The summed E-state index contributed by atoms with van der Waals surface area (Å²) >= 11 is 1.63. The maximum atomic E-state index is 8.74. The van der Waals surface area contributed by atoms with Gasteiger partial charge in [-0.3, -0.25) is 0 Å². The molecule has 4 aromatic heterocycles. The fourth-order valence-electron chi connectivity index (χ4n) is 5.77. The van der Waals surface area contributed by atoms with Crippen molar-refractivity contribution in [1.29, 1.82) is 0 Å². The summed E-state index contributed by atoms with van der Waals surface area (Å²) in [4.78, 5) is 9.11. The molecule has 0 bridgehead atoms. The van der Waals surface area contributed by atoms with Crippen LogP contribution < -0.4 is 4.40 Å². The number of rotatable bonds is 5. The number of aryl methyl sites for hydroxylation is 1. The first kappa shape index (κ1) is 28.6. The van der Waals surface area contributed by atoms with E-state index in [1.54, 1.807) is 42.6 Å². The predicted octanol–water partition coefficient (Wildman–Crippen LogP) is 11.9. The van der Waals surface area contributed by atoms with E-state index >= 15 is 0 Å². The van der Waals surface area contributed by atoms with E-state index < -0.39 is 32.4 Å². The van der Waals surface area contributed by atoms with Gasteiger partial charge < -0.3 is 4.98 Å². The summed E-state index contributed by atoms with van der Waals surface area (Å²) in [5.41, 5.74) is 3.52. The quantitative estimate of drug-likeness (QED) is 0.127. The van der Waals surface area contributed by atoms with Crippen molar-refractivity contribution < 1.29 is 27.0 Å². The third-order valence-corrected chi connectivity index (χ3v) is 14.7. The van der Waals surface area contributed by atoms with E-state index in [9.17, 15) is 0 Å². The zero-order valence-corrected chi connectivity index (χ0v) is 33.6. The van der Waals surface area contributed by atoms with Gasteiger partial charge in [0.05, 0.1) is 0 Å². The second-order valence-corrected chi connectivity index (χ2v) is 25.7. The van der Waals surface area contributed by atoms with Crippen molar-refractivity contribution in [3.05, 3.63) is 127 Å². The van der Waals surface area contributed by atoms with Gasteiger partial charge in [-0.15, -0.1) is 11.6 Å². The van der Waals surface area contributed by atoms with E-state index in [-0.39, 0.29) is 31.2 Å². The fraction of sp³-hybridized carbons (Fsp3) is 0.190. The van der Waals surface area contributed by atoms with Gasteiger partial charge in [-0.25, -0.2) is 0 Å². The van der Waals surface area contributed by atoms with Gasteiger partial charge in [0.15, 0.2) is 0 Å². The number of benzene rings is 4. The Kier molecular flexibility index (Phi) is 8.56. The van der Waals surface area contributed by atoms with Crippen molar-refractivity contribution in [3.8, 4) is 22.5 Å². The first-order valence-corrected chi connectivity index (χ1v) is 24.7. The summed E-state index contributed by atoms with van der Waals surface area (Å²) in [7, 11) is 0. The van der Waals surface area contributed by atoms with Crippen LogP contribution in [0.2, 0.25) is 17.3 Å². The summed E-state index contributed by atoms with van der Waals surface area (Å²) in [6.45, 7) is 1.07. The maximum absolute atomic E-state index is 8.74. The summed E-state index contributed by atoms with van der Waals surface area (Å²) in [6, 6.07) is 37.4. The van der Waals surface area contributed by atoms with Crippen LogP contribution in [0, 0.1) is 24.9 Å². The predicted molar refractivity (Wildman–Crippen MR) is 209 cm³/mol. The molecule has 0 saturated heterocycles. The van der Waals surface area contributed by atoms with Crippen LogP contribution in [-0.4, -0.2) is 23.2 Å². The molecule has 0 amide bonds. The topological polar surface area (TPSA) is 25.8 Å². The maximum Gasteiger partial charge on any atom is 0 e. The third-order valence-electron chi connectivity index (χ3n) is 8.13. The molecule has 0 aliphatic rings. The van der Waals surface area contributed by atoms with Gasteiger partial charge >= 0.3 is 99.8 Å². The molecule has 0 atom stereocenters. The Bertz CT molecular complexity index is 2560. The smallest absolute Gasteiger partial charge is 0 e. The molecular formula is C42H38GeIrN2S2-2. The molecular weight excluding hydrogens is 861 g/mol. The minimum atomic E-state index is -2.46.